The van der Waals surface area contributed by atoms with E-state index >= 15 is 0 Å². The SMILES string of the molecule is CCCC(NC)C(=O)C(=O)NCCc1c[nH]c2cc(OC)ccc12. The molecule has 1 heterocycles. The van der Waals surface area contributed by atoms with Crippen LogP contribution in [0.4, 0.5) is 0 Å². The Morgan fingerprint density at radius 3 is 2.79 bits per heavy atom. The molecule has 3 N–H and O–H groups in total. The molecule has 0 radical (unpaired) electrons. The Balaban J connectivity index is 1.92. The van der Waals surface area contributed by atoms with Crippen LogP contribution in [0.5, 0.6) is 5.75 Å². The molecule has 0 aliphatic carbocycles. The van der Waals surface area contributed by atoms with Gasteiger partial charge in [0, 0.05) is 29.7 Å². The molecule has 1 unspecified atom stereocenters. The number of carbonyl (C=O) groups excluding carboxylic acids is 2. The van der Waals surface area contributed by atoms with Gasteiger partial charge in [0.1, 0.15) is 5.75 Å². The van der Waals surface area contributed by atoms with Crippen molar-refractivity contribution in [3.8, 4) is 5.75 Å². The predicted molar refractivity (Wildman–Crippen MR) is 94.3 cm³/mol. The molecule has 6 heteroatoms. The molecular formula is C18H25N3O3. The summed E-state index contributed by atoms with van der Waals surface area (Å²) in [5.41, 5.74) is 2.09. The number of carbonyl (C=O) groups is 2. The molecule has 24 heavy (non-hydrogen) atoms. The van der Waals surface area contributed by atoms with E-state index in [-0.39, 0.29) is 0 Å². The highest BCUT2D eigenvalue weighted by Crippen LogP contribution is 2.23. The predicted octanol–water partition coefficient (Wildman–Crippen LogP) is 1.79. The average molecular weight is 331 g/mol. The Morgan fingerprint density at radius 2 is 2.12 bits per heavy atom. The number of aromatic nitrogens is 1. The lowest BCUT2D eigenvalue weighted by Crippen LogP contribution is -2.44. The van der Waals surface area contributed by atoms with Crippen LogP contribution in [0, 0.1) is 0 Å². The van der Waals surface area contributed by atoms with Crippen LogP contribution in [0.25, 0.3) is 10.9 Å². The number of rotatable bonds is 9. The molecule has 0 spiro atoms. The van der Waals surface area contributed by atoms with Gasteiger partial charge in [0.25, 0.3) is 5.91 Å². The molecule has 1 amide bonds. The summed E-state index contributed by atoms with van der Waals surface area (Å²) in [4.78, 5) is 27.2. The molecular weight excluding hydrogens is 306 g/mol. The number of likely N-dealkylation sites (N-methyl/N-ethyl adjacent to an activating group) is 1. The first kappa shape index (κ1) is 18.0. The van der Waals surface area contributed by atoms with E-state index in [0.717, 1.165) is 28.6 Å². The Morgan fingerprint density at radius 1 is 1.33 bits per heavy atom. The molecule has 0 fully saturated rings. The Labute approximate surface area is 142 Å². The molecule has 130 valence electrons. The zero-order chi connectivity index (χ0) is 17.5. The topological polar surface area (TPSA) is 83.2 Å². The van der Waals surface area contributed by atoms with Gasteiger partial charge in [0.15, 0.2) is 0 Å². The maximum atomic E-state index is 12.0. The standard InChI is InChI=1S/C18H25N3O3/c1-4-5-15(19-2)17(22)18(23)20-9-8-12-11-21-16-10-13(24-3)6-7-14(12)16/h6-7,10-11,15,19,21H,4-5,8-9H2,1-3H3,(H,20,23). The van der Waals surface area contributed by atoms with Crippen LogP contribution in [0.15, 0.2) is 24.4 Å². The number of ether oxygens (including phenoxy) is 1. The van der Waals surface area contributed by atoms with Gasteiger partial charge in [-0.15, -0.1) is 0 Å². The van der Waals surface area contributed by atoms with Crippen molar-refractivity contribution in [3.05, 3.63) is 30.0 Å². The first-order valence-corrected chi connectivity index (χ1v) is 8.24. The van der Waals surface area contributed by atoms with Crippen LogP contribution >= 0.6 is 0 Å². The number of methoxy groups -OCH3 is 1. The summed E-state index contributed by atoms with van der Waals surface area (Å²) >= 11 is 0. The van der Waals surface area contributed by atoms with Gasteiger partial charge in [-0.2, -0.15) is 0 Å². The van der Waals surface area contributed by atoms with Crippen molar-refractivity contribution in [3.63, 3.8) is 0 Å². The van der Waals surface area contributed by atoms with Gasteiger partial charge in [-0.05, 0) is 37.6 Å². The zero-order valence-electron chi connectivity index (χ0n) is 14.4. The molecule has 1 aromatic carbocycles. The summed E-state index contributed by atoms with van der Waals surface area (Å²) < 4.78 is 5.20. The van der Waals surface area contributed by atoms with Crippen molar-refractivity contribution in [2.45, 2.75) is 32.2 Å². The number of nitrogens with one attached hydrogen (secondary N) is 3. The summed E-state index contributed by atoms with van der Waals surface area (Å²) in [5.74, 6) is -0.129. The fraction of sp³-hybridized carbons (Fsp3) is 0.444. The van der Waals surface area contributed by atoms with Gasteiger partial charge in [-0.1, -0.05) is 13.3 Å². The van der Waals surface area contributed by atoms with Gasteiger partial charge in [-0.3, -0.25) is 9.59 Å². The van der Waals surface area contributed by atoms with Crippen LogP contribution in [0.1, 0.15) is 25.3 Å². The molecule has 6 nitrogen and oxygen atoms in total. The largest absolute Gasteiger partial charge is 0.497 e. The summed E-state index contributed by atoms with van der Waals surface area (Å²) in [6, 6.07) is 5.42. The van der Waals surface area contributed by atoms with Crippen LogP contribution in [-0.2, 0) is 16.0 Å². The molecule has 2 rings (SSSR count). The summed E-state index contributed by atoms with van der Waals surface area (Å²) in [6.07, 6.45) is 4.09. The summed E-state index contributed by atoms with van der Waals surface area (Å²) in [7, 11) is 3.33. The molecule has 0 aliphatic rings. The summed E-state index contributed by atoms with van der Waals surface area (Å²) in [5, 5.41) is 6.70. The van der Waals surface area contributed by atoms with Crippen LogP contribution in [0.2, 0.25) is 0 Å². The number of amides is 1. The number of benzene rings is 1. The normalized spacial score (nSPS) is 12.1. The highest BCUT2D eigenvalue weighted by molar-refractivity contribution is 6.38. The van der Waals surface area contributed by atoms with E-state index in [0.29, 0.717) is 19.4 Å². The van der Waals surface area contributed by atoms with Crippen LogP contribution in [-0.4, -0.2) is 43.4 Å². The molecule has 2 aromatic rings. The van der Waals surface area contributed by atoms with E-state index in [1.165, 1.54) is 0 Å². The number of fused-ring (bicyclic) bond motifs is 1. The lowest BCUT2D eigenvalue weighted by molar-refractivity contribution is -0.139. The Kier molecular flexibility index (Phi) is 6.37. The second kappa shape index (κ2) is 8.49. The quantitative estimate of drug-likeness (QED) is 0.612. The minimum Gasteiger partial charge on any atom is -0.497 e. The van der Waals surface area contributed by atoms with Crippen LogP contribution in [0.3, 0.4) is 0 Å². The smallest absolute Gasteiger partial charge is 0.289 e. The fourth-order valence-corrected chi connectivity index (χ4v) is 2.75. The summed E-state index contributed by atoms with van der Waals surface area (Å²) in [6.45, 7) is 2.41. The third-order valence-corrected chi connectivity index (χ3v) is 4.12. The molecule has 0 saturated heterocycles. The molecule has 0 aliphatic heterocycles. The van der Waals surface area contributed by atoms with Gasteiger partial charge < -0.3 is 20.4 Å². The Bertz CT molecular complexity index is 709. The number of Topliss-reactive ketones (excluding diaryl/α,β-unsaturated/α-hetero) is 1. The van der Waals surface area contributed by atoms with Gasteiger partial charge >= 0.3 is 0 Å². The van der Waals surface area contributed by atoms with Crippen molar-refractivity contribution in [1.82, 2.24) is 15.6 Å². The second-order valence-electron chi connectivity index (χ2n) is 5.73. The van der Waals surface area contributed by atoms with Crippen LogP contribution < -0.4 is 15.4 Å². The van der Waals surface area contributed by atoms with Crippen molar-refractivity contribution in [1.29, 1.82) is 0 Å². The van der Waals surface area contributed by atoms with Gasteiger partial charge in [-0.25, -0.2) is 0 Å². The van der Waals surface area contributed by atoms with Crippen molar-refractivity contribution in [2.24, 2.45) is 0 Å². The second-order valence-corrected chi connectivity index (χ2v) is 5.73. The third-order valence-electron chi connectivity index (χ3n) is 4.12. The lowest BCUT2D eigenvalue weighted by Gasteiger charge is -2.13. The van der Waals surface area contributed by atoms with E-state index in [4.69, 9.17) is 4.74 Å². The number of hydrogen-bond acceptors (Lipinski definition) is 4. The monoisotopic (exact) mass is 331 g/mol. The third kappa shape index (κ3) is 4.14. The zero-order valence-corrected chi connectivity index (χ0v) is 14.4. The van der Waals surface area contributed by atoms with Crippen molar-refractivity contribution >= 4 is 22.6 Å². The number of hydrogen-bond donors (Lipinski definition) is 3. The molecule has 0 saturated carbocycles. The van der Waals surface area contributed by atoms with E-state index in [9.17, 15) is 9.59 Å². The maximum absolute atomic E-state index is 12.0. The highest BCUT2D eigenvalue weighted by atomic mass is 16.5. The molecule has 1 aromatic heterocycles. The van der Waals surface area contributed by atoms with Crippen molar-refractivity contribution < 1.29 is 14.3 Å². The number of H-pyrrole nitrogens is 1. The van der Waals surface area contributed by atoms with E-state index in [1.54, 1.807) is 14.2 Å². The first-order valence-electron chi connectivity index (χ1n) is 8.24. The highest BCUT2D eigenvalue weighted by Gasteiger charge is 2.22. The molecule has 0 bridgehead atoms. The number of aromatic amines is 1. The van der Waals surface area contributed by atoms with E-state index < -0.39 is 17.7 Å². The minimum atomic E-state index is -0.524. The number of ketones is 1. The Hall–Kier alpha value is -2.34. The van der Waals surface area contributed by atoms with E-state index in [1.807, 2.05) is 31.3 Å². The minimum absolute atomic E-state index is 0.400. The van der Waals surface area contributed by atoms with E-state index in [2.05, 4.69) is 15.6 Å². The lowest BCUT2D eigenvalue weighted by atomic mass is 10.1. The van der Waals surface area contributed by atoms with Crippen molar-refractivity contribution in [2.75, 3.05) is 20.7 Å². The molecule has 1 atom stereocenters. The first-order chi connectivity index (χ1) is 11.6. The van der Waals surface area contributed by atoms with Gasteiger partial charge in [0.05, 0.1) is 13.2 Å². The maximum Gasteiger partial charge on any atom is 0.289 e. The average Bonchev–Trinajstić information content (AvgIpc) is 3.01. The fourth-order valence-electron chi connectivity index (χ4n) is 2.75. The van der Waals surface area contributed by atoms with Gasteiger partial charge in [0.2, 0.25) is 5.78 Å².